The van der Waals surface area contributed by atoms with Crippen molar-refractivity contribution in [2.75, 3.05) is 0 Å². The van der Waals surface area contributed by atoms with Gasteiger partial charge in [-0.1, -0.05) is 6.92 Å². The van der Waals surface area contributed by atoms with Crippen LogP contribution in [0.4, 0.5) is 0 Å². The number of carboxylic acids is 1. The van der Waals surface area contributed by atoms with Gasteiger partial charge in [0.25, 0.3) is 0 Å². The molecule has 0 spiro atoms. The van der Waals surface area contributed by atoms with E-state index in [9.17, 15) is 4.79 Å². The lowest BCUT2D eigenvalue weighted by Crippen LogP contribution is -2.16. The van der Waals surface area contributed by atoms with Crippen LogP contribution in [-0.4, -0.2) is 16.1 Å². The number of hydrogen-bond acceptors (Lipinski definition) is 1. The van der Waals surface area contributed by atoms with E-state index in [1.54, 1.807) is 0 Å². The molecule has 0 aliphatic heterocycles. The van der Waals surface area contributed by atoms with Crippen LogP contribution in [0.3, 0.4) is 0 Å². The van der Waals surface area contributed by atoms with Gasteiger partial charge in [-0.3, -0.25) is 4.79 Å². The summed E-state index contributed by atoms with van der Waals surface area (Å²) in [6.45, 7) is 2.08. The maximum atomic E-state index is 11.0. The van der Waals surface area contributed by atoms with E-state index >= 15 is 0 Å². The summed E-state index contributed by atoms with van der Waals surface area (Å²) in [4.78, 5) is 14.3. The Bertz CT molecular complexity index is 354. The van der Waals surface area contributed by atoms with Crippen LogP contribution in [0.1, 0.15) is 42.6 Å². The molecule has 1 heterocycles. The number of aromatic amines is 1. The molecule has 0 fully saturated rings. The normalized spacial score (nSPS) is 20.5. The third-order valence-corrected chi connectivity index (χ3v) is 2.96. The molecule has 1 aromatic rings. The summed E-state index contributed by atoms with van der Waals surface area (Å²) < 4.78 is 0. The fraction of sp³-hybridized carbons (Fsp3) is 0.545. The van der Waals surface area contributed by atoms with Gasteiger partial charge in [0.2, 0.25) is 0 Å². The summed E-state index contributed by atoms with van der Waals surface area (Å²) in [6.07, 6.45) is 3.70. The average molecular weight is 193 g/mol. The van der Waals surface area contributed by atoms with Gasteiger partial charge in [0.05, 0.1) is 5.92 Å². The number of carboxylic acid groups (broad SMARTS) is 1. The predicted molar refractivity (Wildman–Crippen MR) is 53.5 cm³/mol. The second kappa shape index (κ2) is 3.48. The number of hydrogen-bond donors (Lipinski definition) is 2. The van der Waals surface area contributed by atoms with Crippen molar-refractivity contribution in [3.05, 3.63) is 23.0 Å². The quantitative estimate of drug-likeness (QED) is 0.755. The van der Waals surface area contributed by atoms with Crippen molar-refractivity contribution >= 4 is 5.97 Å². The Kier molecular flexibility index (Phi) is 2.32. The molecule has 0 aromatic carbocycles. The van der Waals surface area contributed by atoms with Crippen LogP contribution in [0.15, 0.2) is 6.07 Å². The molecule has 76 valence electrons. The third-order valence-electron chi connectivity index (χ3n) is 2.96. The van der Waals surface area contributed by atoms with E-state index < -0.39 is 5.97 Å². The molecule has 1 atom stereocenters. The second-order valence-electron chi connectivity index (χ2n) is 3.87. The van der Waals surface area contributed by atoms with E-state index in [0.717, 1.165) is 42.6 Å². The lowest BCUT2D eigenvalue weighted by atomic mass is 9.87. The Morgan fingerprint density at radius 2 is 2.50 bits per heavy atom. The SMILES string of the molecule is CCc1cc2c([nH]1)CCCC2C(=O)O. The van der Waals surface area contributed by atoms with Crippen LogP contribution in [-0.2, 0) is 17.6 Å². The van der Waals surface area contributed by atoms with Gasteiger partial charge < -0.3 is 10.1 Å². The van der Waals surface area contributed by atoms with Gasteiger partial charge in [0, 0.05) is 11.4 Å². The summed E-state index contributed by atoms with van der Waals surface area (Å²) in [5.41, 5.74) is 3.31. The zero-order valence-corrected chi connectivity index (χ0v) is 8.34. The van der Waals surface area contributed by atoms with Crippen molar-refractivity contribution in [2.45, 2.75) is 38.5 Å². The minimum absolute atomic E-state index is 0.282. The Morgan fingerprint density at radius 1 is 1.71 bits per heavy atom. The third kappa shape index (κ3) is 1.43. The molecular weight excluding hydrogens is 178 g/mol. The Labute approximate surface area is 83.1 Å². The fourth-order valence-corrected chi connectivity index (χ4v) is 2.18. The Balaban J connectivity index is 2.38. The number of H-pyrrole nitrogens is 1. The highest BCUT2D eigenvalue weighted by Crippen LogP contribution is 2.32. The van der Waals surface area contributed by atoms with Crippen molar-refractivity contribution in [1.82, 2.24) is 4.98 Å². The first-order valence-electron chi connectivity index (χ1n) is 5.15. The number of rotatable bonds is 2. The highest BCUT2D eigenvalue weighted by atomic mass is 16.4. The Morgan fingerprint density at radius 3 is 3.14 bits per heavy atom. The fourth-order valence-electron chi connectivity index (χ4n) is 2.18. The first-order chi connectivity index (χ1) is 6.72. The van der Waals surface area contributed by atoms with Gasteiger partial charge in [0.1, 0.15) is 0 Å². The lowest BCUT2D eigenvalue weighted by molar-refractivity contribution is -0.139. The maximum absolute atomic E-state index is 11.0. The summed E-state index contributed by atoms with van der Waals surface area (Å²) >= 11 is 0. The lowest BCUT2D eigenvalue weighted by Gasteiger charge is -2.18. The van der Waals surface area contributed by atoms with E-state index in [1.165, 1.54) is 0 Å². The standard InChI is InChI=1S/C11H15NO2/c1-2-7-6-9-8(11(13)14)4-3-5-10(9)12-7/h6,8,12H,2-5H2,1H3,(H,13,14). The number of carbonyl (C=O) groups is 1. The van der Waals surface area contributed by atoms with Gasteiger partial charge in [-0.05, 0) is 37.3 Å². The largest absolute Gasteiger partial charge is 0.481 e. The molecule has 0 saturated heterocycles. The molecule has 14 heavy (non-hydrogen) atoms. The summed E-state index contributed by atoms with van der Waals surface area (Å²) in [5, 5.41) is 9.05. The van der Waals surface area contributed by atoms with Crippen LogP contribution in [0, 0.1) is 0 Å². The number of aromatic nitrogens is 1. The molecule has 2 N–H and O–H groups in total. The molecule has 0 radical (unpaired) electrons. The van der Waals surface area contributed by atoms with E-state index in [2.05, 4.69) is 11.9 Å². The highest BCUT2D eigenvalue weighted by molar-refractivity contribution is 5.77. The first kappa shape index (κ1) is 9.31. The molecule has 0 amide bonds. The number of aliphatic carboxylic acids is 1. The van der Waals surface area contributed by atoms with Gasteiger partial charge in [-0.2, -0.15) is 0 Å². The van der Waals surface area contributed by atoms with E-state index in [-0.39, 0.29) is 5.92 Å². The first-order valence-corrected chi connectivity index (χ1v) is 5.15. The predicted octanol–water partition coefficient (Wildman–Crippen LogP) is 2.08. The summed E-state index contributed by atoms with van der Waals surface area (Å²) in [6, 6.07) is 2.02. The molecule has 1 unspecified atom stereocenters. The molecule has 2 rings (SSSR count). The van der Waals surface area contributed by atoms with Crippen molar-refractivity contribution in [1.29, 1.82) is 0 Å². The average Bonchev–Trinajstić information content (AvgIpc) is 2.59. The zero-order chi connectivity index (χ0) is 10.1. The van der Waals surface area contributed by atoms with E-state index in [0.29, 0.717) is 0 Å². The van der Waals surface area contributed by atoms with Gasteiger partial charge in [-0.25, -0.2) is 0 Å². The smallest absolute Gasteiger partial charge is 0.311 e. The van der Waals surface area contributed by atoms with Crippen LogP contribution >= 0.6 is 0 Å². The Hall–Kier alpha value is -1.25. The van der Waals surface area contributed by atoms with Crippen LogP contribution < -0.4 is 0 Å². The molecule has 1 aliphatic rings. The van der Waals surface area contributed by atoms with Gasteiger partial charge in [-0.15, -0.1) is 0 Å². The molecule has 1 aromatic heterocycles. The topological polar surface area (TPSA) is 53.1 Å². The van der Waals surface area contributed by atoms with Crippen molar-refractivity contribution in [2.24, 2.45) is 0 Å². The minimum Gasteiger partial charge on any atom is -0.481 e. The van der Waals surface area contributed by atoms with E-state index in [4.69, 9.17) is 5.11 Å². The zero-order valence-electron chi connectivity index (χ0n) is 8.34. The number of aryl methyl sites for hydroxylation is 2. The molecule has 1 aliphatic carbocycles. The molecule has 0 saturated carbocycles. The number of nitrogens with one attached hydrogen (secondary N) is 1. The highest BCUT2D eigenvalue weighted by Gasteiger charge is 2.27. The second-order valence-corrected chi connectivity index (χ2v) is 3.87. The molecule has 3 nitrogen and oxygen atoms in total. The summed E-state index contributed by atoms with van der Waals surface area (Å²) in [7, 11) is 0. The van der Waals surface area contributed by atoms with Crippen LogP contribution in [0.2, 0.25) is 0 Å². The minimum atomic E-state index is -0.687. The van der Waals surface area contributed by atoms with Gasteiger partial charge in [0.15, 0.2) is 0 Å². The van der Waals surface area contributed by atoms with Crippen molar-refractivity contribution in [3.63, 3.8) is 0 Å². The van der Waals surface area contributed by atoms with E-state index in [1.807, 2.05) is 6.07 Å². The number of fused-ring (bicyclic) bond motifs is 1. The van der Waals surface area contributed by atoms with Crippen LogP contribution in [0.25, 0.3) is 0 Å². The molecule has 0 bridgehead atoms. The van der Waals surface area contributed by atoms with Crippen molar-refractivity contribution in [3.8, 4) is 0 Å². The van der Waals surface area contributed by atoms with Crippen LogP contribution in [0.5, 0.6) is 0 Å². The summed E-state index contributed by atoms with van der Waals surface area (Å²) in [5.74, 6) is -0.970. The molecule has 3 heteroatoms. The monoisotopic (exact) mass is 193 g/mol. The molecular formula is C11H15NO2. The van der Waals surface area contributed by atoms with Gasteiger partial charge >= 0.3 is 5.97 Å². The maximum Gasteiger partial charge on any atom is 0.311 e. The van der Waals surface area contributed by atoms with Crippen molar-refractivity contribution < 1.29 is 9.90 Å².